The molecule has 0 saturated carbocycles. The fourth-order valence-electron chi connectivity index (χ4n) is 1.86. The second-order valence-electron chi connectivity index (χ2n) is 6.14. The van der Waals surface area contributed by atoms with Crippen molar-refractivity contribution in [1.29, 1.82) is 0 Å². The van der Waals surface area contributed by atoms with Gasteiger partial charge in [-0.15, -0.1) is 0 Å². The average molecular weight is 366 g/mol. The van der Waals surface area contributed by atoms with E-state index in [0.29, 0.717) is 6.42 Å². The Kier molecular flexibility index (Phi) is 10.5. The van der Waals surface area contributed by atoms with Crippen molar-refractivity contribution in [1.82, 2.24) is 5.32 Å². The number of rotatable bonds is 10. The van der Waals surface area contributed by atoms with Crippen molar-refractivity contribution in [3.8, 4) is 0 Å². The van der Waals surface area contributed by atoms with Crippen LogP contribution in [0.4, 0.5) is 4.79 Å². The normalized spacial score (nSPS) is 12.8. The number of alkyl halides is 1. The van der Waals surface area contributed by atoms with Crippen LogP contribution in [-0.2, 0) is 9.53 Å². The molecule has 0 bridgehead atoms. The van der Waals surface area contributed by atoms with Crippen molar-refractivity contribution in [2.24, 2.45) is 0 Å². The molecule has 0 aliphatic rings. The molecule has 1 atom stereocenters. The summed E-state index contributed by atoms with van der Waals surface area (Å²) < 4.78 is 5.07. The number of alkyl carbamates (subject to hydrolysis) is 1. The molecule has 0 aromatic heterocycles. The van der Waals surface area contributed by atoms with Gasteiger partial charge in [-0.25, -0.2) is 9.59 Å². The number of unbranched alkanes of at least 4 members (excludes halogenated alkanes) is 5. The molecule has 0 heterocycles. The monoisotopic (exact) mass is 365 g/mol. The number of aliphatic carboxylic acids is 1. The van der Waals surface area contributed by atoms with Crippen LogP contribution < -0.4 is 5.32 Å². The number of ether oxygens (including phenoxy) is 1. The van der Waals surface area contributed by atoms with E-state index in [1.165, 1.54) is 19.3 Å². The molecule has 2 N–H and O–H groups in total. The summed E-state index contributed by atoms with van der Waals surface area (Å²) in [6, 6.07) is -0.873. The Morgan fingerprint density at radius 1 is 1.10 bits per heavy atom. The lowest BCUT2D eigenvalue weighted by molar-refractivity contribution is -0.139. The van der Waals surface area contributed by atoms with E-state index < -0.39 is 23.7 Å². The summed E-state index contributed by atoms with van der Waals surface area (Å²) in [7, 11) is 0. The van der Waals surface area contributed by atoms with Gasteiger partial charge in [0, 0.05) is 5.33 Å². The number of carbonyl (C=O) groups is 2. The van der Waals surface area contributed by atoms with Crippen LogP contribution in [0.1, 0.15) is 65.7 Å². The molecule has 0 aromatic carbocycles. The zero-order chi connectivity index (χ0) is 16.3. The highest BCUT2D eigenvalue weighted by Gasteiger charge is 2.23. The molecule has 21 heavy (non-hydrogen) atoms. The maximum Gasteiger partial charge on any atom is 0.408 e. The molecule has 0 radical (unpaired) electrons. The van der Waals surface area contributed by atoms with Crippen molar-refractivity contribution in [2.45, 2.75) is 77.4 Å². The lowest BCUT2D eigenvalue weighted by atomic mass is 10.1. The molecule has 0 aliphatic heterocycles. The van der Waals surface area contributed by atoms with Gasteiger partial charge < -0.3 is 15.2 Å². The second kappa shape index (κ2) is 10.9. The first-order chi connectivity index (χ1) is 9.76. The van der Waals surface area contributed by atoms with Crippen LogP contribution in [-0.4, -0.2) is 34.1 Å². The number of hydrogen-bond acceptors (Lipinski definition) is 3. The lowest BCUT2D eigenvalue weighted by Crippen LogP contribution is -2.43. The highest BCUT2D eigenvalue weighted by atomic mass is 79.9. The highest BCUT2D eigenvalue weighted by molar-refractivity contribution is 9.09. The van der Waals surface area contributed by atoms with Gasteiger partial charge in [0.15, 0.2) is 0 Å². The zero-order valence-corrected chi connectivity index (χ0v) is 14.9. The van der Waals surface area contributed by atoms with Crippen LogP contribution in [0.3, 0.4) is 0 Å². The van der Waals surface area contributed by atoms with Crippen LogP contribution in [0.2, 0.25) is 0 Å². The van der Waals surface area contributed by atoms with Gasteiger partial charge in [-0.05, 0) is 33.6 Å². The van der Waals surface area contributed by atoms with E-state index in [4.69, 9.17) is 9.84 Å². The van der Waals surface area contributed by atoms with Crippen molar-refractivity contribution in [2.75, 3.05) is 5.33 Å². The second-order valence-corrected chi connectivity index (χ2v) is 6.93. The molecule has 6 heteroatoms. The summed E-state index contributed by atoms with van der Waals surface area (Å²) in [4.78, 5) is 22.7. The molecule has 0 unspecified atom stereocenters. The molecule has 0 aliphatic carbocycles. The minimum atomic E-state index is -1.01. The van der Waals surface area contributed by atoms with Gasteiger partial charge in [-0.1, -0.05) is 48.0 Å². The van der Waals surface area contributed by atoms with Gasteiger partial charge in [0.2, 0.25) is 0 Å². The Morgan fingerprint density at radius 2 is 1.62 bits per heavy atom. The number of carboxylic acids is 1. The fourth-order valence-corrected chi connectivity index (χ4v) is 2.25. The molecule has 0 spiro atoms. The fraction of sp³-hybridized carbons (Fsp3) is 0.867. The van der Waals surface area contributed by atoms with Crippen LogP contribution in [0.5, 0.6) is 0 Å². The standard InChI is InChI=1S/C15H28BrNO4/c1-15(2,3)21-14(20)17-12(13(18)19)10-8-6-4-5-7-9-11-16/h12H,4-11H2,1-3H3,(H,17,20)(H,18,19)/t12-/m1/s1. The number of nitrogens with one attached hydrogen (secondary N) is 1. The Hall–Kier alpha value is -0.780. The predicted octanol–water partition coefficient (Wildman–Crippen LogP) is 4.09. The van der Waals surface area contributed by atoms with Gasteiger partial charge in [0.1, 0.15) is 11.6 Å². The highest BCUT2D eigenvalue weighted by Crippen LogP contribution is 2.11. The van der Waals surface area contributed by atoms with E-state index >= 15 is 0 Å². The van der Waals surface area contributed by atoms with E-state index in [-0.39, 0.29) is 0 Å². The van der Waals surface area contributed by atoms with Crippen molar-refractivity contribution < 1.29 is 19.4 Å². The minimum Gasteiger partial charge on any atom is -0.480 e. The van der Waals surface area contributed by atoms with E-state index in [2.05, 4.69) is 21.2 Å². The molecular weight excluding hydrogens is 338 g/mol. The Bertz CT molecular complexity index is 315. The number of carbonyl (C=O) groups excluding carboxylic acids is 1. The summed E-state index contributed by atoms with van der Waals surface area (Å²) in [5.41, 5.74) is -0.622. The van der Waals surface area contributed by atoms with E-state index in [9.17, 15) is 9.59 Å². The van der Waals surface area contributed by atoms with Crippen molar-refractivity contribution in [3.05, 3.63) is 0 Å². The van der Waals surface area contributed by atoms with E-state index in [1.54, 1.807) is 20.8 Å². The molecule has 124 valence electrons. The maximum absolute atomic E-state index is 11.6. The van der Waals surface area contributed by atoms with Crippen molar-refractivity contribution >= 4 is 28.0 Å². The quantitative estimate of drug-likeness (QED) is 0.451. The predicted molar refractivity (Wildman–Crippen MR) is 86.9 cm³/mol. The molecule has 0 fully saturated rings. The Morgan fingerprint density at radius 3 is 2.10 bits per heavy atom. The molecule has 0 saturated heterocycles. The van der Waals surface area contributed by atoms with E-state index in [1.807, 2.05) is 0 Å². The molecular formula is C15H28BrNO4. The SMILES string of the molecule is CC(C)(C)OC(=O)N[C@H](CCCCCCCCBr)C(=O)O. The Balaban J connectivity index is 3.93. The third kappa shape index (κ3) is 12.7. The van der Waals surface area contributed by atoms with Crippen LogP contribution in [0.15, 0.2) is 0 Å². The van der Waals surface area contributed by atoms with Crippen LogP contribution >= 0.6 is 15.9 Å². The van der Waals surface area contributed by atoms with Gasteiger partial charge in [-0.3, -0.25) is 0 Å². The van der Waals surface area contributed by atoms with Crippen molar-refractivity contribution in [3.63, 3.8) is 0 Å². The zero-order valence-electron chi connectivity index (χ0n) is 13.3. The molecule has 1 amide bonds. The first kappa shape index (κ1) is 20.2. The number of hydrogen-bond donors (Lipinski definition) is 2. The first-order valence-electron chi connectivity index (χ1n) is 7.54. The minimum absolute atomic E-state index is 0.438. The van der Waals surface area contributed by atoms with Crippen LogP contribution in [0.25, 0.3) is 0 Å². The van der Waals surface area contributed by atoms with Crippen LogP contribution in [0, 0.1) is 0 Å². The summed E-state index contributed by atoms with van der Waals surface area (Å²) in [6.45, 7) is 5.24. The summed E-state index contributed by atoms with van der Waals surface area (Å²) in [5.74, 6) is -1.01. The molecule has 5 nitrogen and oxygen atoms in total. The van der Waals surface area contributed by atoms with Gasteiger partial charge in [0.05, 0.1) is 0 Å². The van der Waals surface area contributed by atoms with Gasteiger partial charge in [-0.2, -0.15) is 0 Å². The third-order valence-electron chi connectivity index (χ3n) is 2.87. The number of carboxylic acid groups (broad SMARTS) is 1. The smallest absolute Gasteiger partial charge is 0.408 e. The number of halogens is 1. The Labute approximate surface area is 135 Å². The topological polar surface area (TPSA) is 75.6 Å². The van der Waals surface area contributed by atoms with E-state index in [0.717, 1.165) is 24.6 Å². The lowest BCUT2D eigenvalue weighted by Gasteiger charge is -2.22. The molecule has 0 aromatic rings. The average Bonchev–Trinajstić information content (AvgIpc) is 2.33. The van der Waals surface area contributed by atoms with Gasteiger partial charge in [0.25, 0.3) is 0 Å². The maximum atomic E-state index is 11.6. The third-order valence-corrected chi connectivity index (χ3v) is 3.43. The summed E-state index contributed by atoms with van der Waals surface area (Å²) >= 11 is 3.39. The number of amides is 1. The summed E-state index contributed by atoms with van der Waals surface area (Å²) in [6.07, 6.45) is 6.19. The largest absolute Gasteiger partial charge is 0.480 e. The molecule has 0 rings (SSSR count). The summed E-state index contributed by atoms with van der Waals surface area (Å²) in [5, 5.41) is 12.6. The van der Waals surface area contributed by atoms with Gasteiger partial charge >= 0.3 is 12.1 Å². The first-order valence-corrected chi connectivity index (χ1v) is 8.66.